The normalized spacial score (nSPS) is 10.9. The number of halogens is 1. The molecule has 0 amide bonds. The Bertz CT molecular complexity index is 772. The molecule has 0 fully saturated rings. The zero-order valence-corrected chi connectivity index (χ0v) is 15.9. The Morgan fingerprint density at radius 2 is 1.83 bits per heavy atom. The average molecular weight is 403 g/mol. The number of methoxy groups -OCH3 is 1. The van der Waals surface area contributed by atoms with Gasteiger partial charge in [0.05, 0.1) is 18.5 Å². The Labute approximate surface area is 155 Å². The molecule has 3 rings (SSSR count). The topological polar surface area (TPSA) is 27.1 Å². The molecule has 0 saturated carbocycles. The highest BCUT2D eigenvalue weighted by atomic mass is 79.9. The van der Waals surface area contributed by atoms with Gasteiger partial charge in [0.2, 0.25) is 0 Å². The van der Waals surface area contributed by atoms with Gasteiger partial charge in [-0.25, -0.2) is 4.98 Å². The summed E-state index contributed by atoms with van der Waals surface area (Å²) in [6.45, 7) is 1.46. The Balaban J connectivity index is 1.84. The molecular formula is C19H19BrN2OS. The van der Waals surface area contributed by atoms with E-state index in [1.807, 2.05) is 12.3 Å². The second-order valence-corrected chi connectivity index (χ2v) is 7.21. The number of aromatic nitrogens is 2. The van der Waals surface area contributed by atoms with Gasteiger partial charge < -0.3 is 9.30 Å². The van der Waals surface area contributed by atoms with Crippen LogP contribution >= 0.6 is 27.7 Å². The minimum Gasteiger partial charge on any atom is -0.383 e. The smallest absolute Gasteiger partial charge is 0.168 e. The van der Waals surface area contributed by atoms with Gasteiger partial charge in [-0.05, 0) is 23.3 Å². The van der Waals surface area contributed by atoms with Gasteiger partial charge in [0.1, 0.15) is 0 Å². The molecule has 1 aromatic heterocycles. The molecule has 0 bridgehead atoms. The molecular weight excluding hydrogens is 384 g/mol. The van der Waals surface area contributed by atoms with Crippen molar-refractivity contribution in [2.75, 3.05) is 13.7 Å². The van der Waals surface area contributed by atoms with Crippen LogP contribution in [-0.2, 0) is 17.0 Å². The Morgan fingerprint density at radius 3 is 2.54 bits per heavy atom. The third-order valence-corrected chi connectivity index (χ3v) is 5.28. The largest absolute Gasteiger partial charge is 0.383 e. The Hall–Kier alpha value is -1.56. The molecule has 3 aromatic rings. The van der Waals surface area contributed by atoms with Crippen LogP contribution in [0, 0.1) is 0 Å². The quantitative estimate of drug-likeness (QED) is 0.504. The molecule has 0 aliphatic rings. The summed E-state index contributed by atoms with van der Waals surface area (Å²) in [4.78, 5) is 4.64. The number of ether oxygens (including phenoxy) is 1. The van der Waals surface area contributed by atoms with Crippen molar-refractivity contribution in [1.29, 1.82) is 0 Å². The van der Waals surface area contributed by atoms with Crippen molar-refractivity contribution >= 4 is 27.7 Å². The predicted octanol–water partition coefficient (Wildman–Crippen LogP) is 5.25. The first kappa shape index (κ1) is 17.3. The molecule has 0 aliphatic heterocycles. The van der Waals surface area contributed by atoms with Crippen molar-refractivity contribution in [2.24, 2.45) is 0 Å². The minimum absolute atomic E-state index is 0.665. The van der Waals surface area contributed by atoms with Gasteiger partial charge in [0.25, 0.3) is 0 Å². The van der Waals surface area contributed by atoms with Gasteiger partial charge in [-0.1, -0.05) is 70.2 Å². The van der Waals surface area contributed by atoms with Crippen LogP contribution in [-0.4, -0.2) is 23.3 Å². The molecule has 124 valence electrons. The van der Waals surface area contributed by atoms with E-state index < -0.39 is 0 Å². The second kappa shape index (κ2) is 8.51. The predicted molar refractivity (Wildman–Crippen MR) is 103 cm³/mol. The third kappa shape index (κ3) is 4.29. The molecule has 0 N–H and O–H groups in total. The molecule has 0 atom stereocenters. The maximum Gasteiger partial charge on any atom is 0.168 e. The Morgan fingerprint density at radius 1 is 1.08 bits per heavy atom. The number of hydrogen-bond donors (Lipinski definition) is 0. The summed E-state index contributed by atoms with van der Waals surface area (Å²) in [5.41, 5.74) is 3.58. The summed E-state index contributed by atoms with van der Waals surface area (Å²) in [6, 6.07) is 18.8. The lowest BCUT2D eigenvalue weighted by molar-refractivity contribution is 0.185. The zero-order chi connectivity index (χ0) is 16.8. The van der Waals surface area contributed by atoms with Gasteiger partial charge in [0, 0.05) is 23.9 Å². The lowest BCUT2D eigenvalue weighted by atomic mass is 10.2. The summed E-state index contributed by atoms with van der Waals surface area (Å²) in [5.74, 6) is 0.907. The van der Waals surface area contributed by atoms with Crippen molar-refractivity contribution < 1.29 is 4.74 Å². The van der Waals surface area contributed by atoms with E-state index in [-0.39, 0.29) is 0 Å². The van der Waals surface area contributed by atoms with E-state index in [1.54, 1.807) is 18.9 Å². The van der Waals surface area contributed by atoms with Crippen LogP contribution < -0.4 is 0 Å². The van der Waals surface area contributed by atoms with Crippen LogP contribution in [0.4, 0.5) is 0 Å². The molecule has 24 heavy (non-hydrogen) atoms. The minimum atomic E-state index is 0.665. The molecule has 0 unspecified atom stereocenters. The van der Waals surface area contributed by atoms with Crippen molar-refractivity contribution in [3.8, 4) is 11.3 Å². The number of nitrogens with zero attached hydrogens (tertiary/aromatic N) is 2. The van der Waals surface area contributed by atoms with Gasteiger partial charge >= 0.3 is 0 Å². The van der Waals surface area contributed by atoms with Crippen LogP contribution in [0.3, 0.4) is 0 Å². The van der Waals surface area contributed by atoms with Crippen LogP contribution in [0.5, 0.6) is 0 Å². The molecule has 3 nitrogen and oxygen atoms in total. The molecule has 2 aromatic carbocycles. The maximum atomic E-state index is 5.28. The lowest BCUT2D eigenvalue weighted by Gasteiger charge is -2.11. The van der Waals surface area contributed by atoms with Gasteiger partial charge in [0.15, 0.2) is 5.16 Å². The first-order valence-corrected chi connectivity index (χ1v) is 9.53. The fourth-order valence-corrected chi connectivity index (χ4v) is 3.67. The zero-order valence-electron chi connectivity index (χ0n) is 13.5. The van der Waals surface area contributed by atoms with Crippen molar-refractivity contribution in [2.45, 2.75) is 17.5 Å². The molecule has 1 heterocycles. The summed E-state index contributed by atoms with van der Waals surface area (Å²) in [7, 11) is 1.73. The lowest BCUT2D eigenvalue weighted by Crippen LogP contribution is -2.07. The van der Waals surface area contributed by atoms with Crippen molar-refractivity contribution in [1.82, 2.24) is 9.55 Å². The maximum absolute atomic E-state index is 5.28. The molecule has 0 saturated heterocycles. The average Bonchev–Trinajstić information content (AvgIpc) is 3.02. The van der Waals surface area contributed by atoms with E-state index in [2.05, 4.69) is 74.0 Å². The SMILES string of the molecule is COCCn1c(-c2ccc(Br)cc2)cnc1SCc1ccccc1. The van der Waals surface area contributed by atoms with Crippen molar-refractivity contribution in [3.63, 3.8) is 0 Å². The number of thioether (sulfide) groups is 1. The van der Waals surface area contributed by atoms with Crippen LogP contribution in [0.15, 0.2) is 70.4 Å². The molecule has 0 aliphatic carbocycles. The van der Waals surface area contributed by atoms with Gasteiger partial charge in [-0.2, -0.15) is 0 Å². The van der Waals surface area contributed by atoms with Crippen LogP contribution in [0.2, 0.25) is 0 Å². The number of imidazole rings is 1. The fraction of sp³-hybridized carbons (Fsp3) is 0.211. The van der Waals surface area contributed by atoms with E-state index in [4.69, 9.17) is 4.74 Å². The Kier molecular flexibility index (Phi) is 6.12. The van der Waals surface area contributed by atoms with E-state index in [1.165, 1.54) is 5.56 Å². The third-order valence-electron chi connectivity index (χ3n) is 3.69. The highest BCUT2D eigenvalue weighted by molar-refractivity contribution is 9.10. The standard InChI is InChI=1S/C19H19BrN2OS/c1-23-12-11-22-18(16-7-9-17(20)10-8-16)13-21-19(22)24-14-15-5-3-2-4-6-15/h2-10,13H,11-12,14H2,1H3. The summed E-state index contributed by atoms with van der Waals surface area (Å²) >= 11 is 5.24. The second-order valence-electron chi connectivity index (χ2n) is 5.35. The molecule has 0 radical (unpaired) electrons. The first-order valence-electron chi connectivity index (χ1n) is 7.75. The first-order chi connectivity index (χ1) is 11.8. The monoisotopic (exact) mass is 402 g/mol. The van der Waals surface area contributed by atoms with Gasteiger partial charge in [-0.3, -0.25) is 0 Å². The van der Waals surface area contributed by atoms with Gasteiger partial charge in [-0.15, -0.1) is 0 Å². The molecule has 0 spiro atoms. The highest BCUT2D eigenvalue weighted by Crippen LogP contribution is 2.29. The van der Waals surface area contributed by atoms with Crippen LogP contribution in [0.1, 0.15) is 5.56 Å². The summed E-state index contributed by atoms with van der Waals surface area (Å²) in [6.07, 6.45) is 1.95. The summed E-state index contributed by atoms with van der Waals surface area (Å²) < 4.78 is 8.59. The number of benzene rings is 2. The molecule has 5 heteroatoms. The summed E-state index contributed by atoms with van der Waals surface area (Å²) in [5, 5.41) is 1.02. The van der Waals surface area contributed by atoms with E-state index in [0.29, 0.717) is 6.61 Å². The van der Waals surface area contributed by atoms with Crippen LogP contribution in [0.25, 0.3) is 11.3 Å². The van der Waals surface area contributed by atoms with E-state index in [0.717, 1.165) is 33.2 Å². The fourth-order valence-electron chi connectivity index (χ4n) is 2.45. The van der Waals surface area contributed by atoms with E-state index >= 15 is 0 Å². The van der Waals surface area contributed by atoms with Crippen molar-refractivity contribution in [3.05, 3.63) is 70.8 Å². The highest BCUT2D eigenvalue weighted by Gasteiger charge is 2.12. The van der Waals surface area contributed by atoms with E-state index in [9.17, 15) is 0 Å². The number of rotatable bonds is 7. The number of hydrogen-bond acceptors (Lipinski definition) is 3.